The van der Waals surface area contributed by atoms with Gasteiger partial charge in [-0.25, -0.2) is 18.2 Å². The van der Waals surface area contributed by atoms with Crippen LogP contribution in [0.15, 0.2) is 70.7 Å². The second-order valence-corrected chi connectivity index (χ2v) is 8.98. The molecule has 0 aliphatic rings. The van der Waals surface area contributed by atoms with Gasteiger partial charge in [-0.05, 0) is 49.9 Å². The second-order valence-electron chi connectivity index (χ2n) is 7.33. The van der Waals surface area contributed by atoms with Gasteiger partial charge in [0.05, 0.1) is 18.5 Å². The van der Waals surface area contributed by atoms with Crippen LogP contribution in [-0.4, -0.2) is 33.2 Å². The molecule has 0 unspecified atom stereocenters. The Morgan fingerprint density at radius 2 is 1.97 bits per heavy atom. The van der Waals surface area contributed by atoms with Crippen LogP contribution in [0.5, 0.6) is 0 Å². The molecule has 0 bridgehead atoms. The maximum absolute atomic E-state index is 13.3. The number of aryl methyl sites for hydroxylation is 1. The Hall–Kier alpha value is -4.22. The van der Waals surface area contributed by atoms with Gasteiger partial charge >= 0.3 is 5.97 Å². The molecule has 0 atom stereocenters. The lowest BCUT2D eigenvalue weighted by Gasteiger charge is -2.13. The first kappa shape index (κ1) is 25.4. The van der Waals surface area contributed by atoms with Gasteiger partial charge in [0.2, 0.25) is 0 Å². The van der Waals surface area contributed by atoms with Gasteiger partial charge in [-0.3, -0.25) is 9.71 Å². The van der Waals surface area contributed by atoms with Crippen molar-refractivity contribution in [3.63, 3.8) is 0 Å². The standard InChI is InChI=1S/C27H25N3O4S/c1-5-10-22-12-9-14-24(25(22)28-3)35(32,33)30-23-13-8-7-11-21(23)16-15-19-17-20(6-2)26(29-18-19)27(31)34-4/h5,7-14,17-18,30H,3,6H2,1-2,4H3/b10-5-. The van der Waals surface area contributed by atoms with Crippen molar-refractivity contribution in [1.82, 2.24) is 4.98 Å². The molecular formula is C27H25N3O4S. The topological polar surface area (TPSA) is 97.7 Å². The van der Waals surface area contributed by atoms with E-state index >= 15 is 0 Å². The summed E-state index contributed by atoms with van der Waals surface area (Å²) in [6.07, 6.45) is 5.64. The van der Waals surface area contributed by atoms with E-state index < -0.39 is 16.0 Å². The van der Waals surface area contributed by atoms with E-state index in [4.69, 9.17) is 4.74 Å². The maximum atomic E-state index is 13.3. The molecule has 178 valence electrons. The Morgan fingerprint density at radius 1 is 1.20 bits per heavy atom. The van der Waals surface area contributed by atoms with Crippen molar-refractivity contribution in [1.29, 1.82) is 0 Å². The second kappa shape index (κ2) is 11.3. The zero-order valence-corrected chi connectivity index (χ0v) is 20.5. The third-order valence-corrected chi connectivity index (χ3v) is 6.46. The van der Waals surface area contributed by atoms with Crippen LogP contribution in [0.1, 0.15) is 46.6 Å². The van der Waals surface area contributed by atoms with E-state index in [9.17, 15) is 13.2 Å². The minimum absolute atomic E-state index is 0.0149. The molecule has 2 aromatic carbocycles. The van der Waals surface area contributed by atoms with Crippen molar-refractivity contribution in [3.8, 4) is 11.8 Å². The number of pyridine rings is 1. The summed E-state index contributed by atoms with van der Waals surface area (Å²) in [5.74, 6) is 5.49. The quantitative estimate of drug-likeness (QED) is 0.287. The van der Waals surface area contributed by atoms with E-state index in [2.05, 4.69) is 33.3 Å². The summed E-state index contributed by atoms with van der Waals surface area (Å²) in [5, 5.41) is 0. The summed E-state index contributed by atoms with van der Waals surface area (Å²) in [5.41, 5.74) is 3.26. The van der Waals surface area contributed by atoms with Gasteiger partial charge in [0.1, 0.15) is 4.90 Å². The molecule has 0 aliphatic carbocycles. The number of para-hydroxylation sites is 2. The third-order valence-electron chi connectivity index (χ3n) is 5.06. The molecule has 3 rings (SSSR count). The molecule has 1 aromatic heterocycles. The van der Waals surface area contributed by atoms with Gasteiger partial charge in [-0.15, -0.1) is 0 Å². The van der Waals surface area contributed by atoms with Crippen LogP contribution in [0.2, 0.25) is 0 Å². The first-order valence-corrected chi connectivity index (χ1v) is 12.3. The number of benzene rings is 2. The van der Waals surface area contributed by atoms with Crippen molar-refractivity contribution in [2.24, 2.45) is 4.99 Å². The molecule has 8 heteroatoms. The van der Waals surface area contributed by atoms with Crippen molar-refractivity contribution in [2.45, 2.75) is 25.2 Å². The SMILES string of the molecule is C=Nc1c(/C=C\C)cccc1S(=O)(=O)Nc1ccccc1C#Cc1cnc(C(=O)OC)c(CC)c1. The molecule has 0 amide bonds. The summed E-state index contributed by atoms with van der Waals surface area (Å²) in [4.78, 5) is 20.0. The molecule has 0 radical (unpaired) electrons. The van der Waals surface area contributed by atoms with Crippen molar-refractivity contribution in [2.75, 3.05) is 11.8 Å². The van der Waals surface area contributed by atoms with Crippen LogP contribution in [0.25, 0.3) is 6.08 Å². The van der Waals surface area contributed by atoms with Crippen LogP contribution < -0.4 is 4.72 Å². The Labute approximate surface area is 205 Å². The van der Waals surface area contributed by atoms with Crippen LogP contribution in [0, 0.1) is 11.8 Å². The molecule has 0 aliphatic heterocycles. The van der Waals surface area contributed by atoms with Gasteiger partial charge in [0.15, 0.2) is 5.69 Å². The van der Waals surface area contributed by atoms with Crippen LogP contribution in [0.4, 0.5) is 11.4 Å². The number of allylic oxidation sites excluding steroid dienone is 1. The molecule has 0 saturated heterocycles. The van der Waals surface area contributed by atoms with Crippen LogP contribution >= 0.6 is 0 Å². The van der Waals surface area contributed by atoms with E-state index in [0.717, 1.165) is 0 Å². The number of hydrogen-bond donors (Lipinski definition) is 1. The average molecular weight is 488 g/mol. The van der Waals surface area contributed by atoms with Gasteiger partial charge < -0.3 is 4.74 Å². The number of anilines is 1. The molecule has 7 nitrogen and oxygen atoms in total. The highest BCUT2D eigenvalue weighted by molar-refractivity contribution is 7.92. The number of esters is 1. The fraction of sp³-hybridized carbons (Fsp3) is 0.148. The first-order chi connectivity index (χ1) is 16.8. The normalized spacial score (nSPS) is 10.9. The number of hydrogen-bond acceptors (Lipinski definition) is 6. The highest BCUT2D eigenvalue weighted by Gasteiger charge is 2.21. The highest BCUT2D eigenvalue weighted by atomic mass is 32.2. The number of aromatic nitrogens is 1. The van der Waals surface area contributed by atoms with Crippen LogP contribution in [-0.2, 0) is 21.2 Å². The molecule has 0 spiro atoms. The van der Waals surface area contributed by atoms with Gasteiger partial charge in [-0.1, -0.05) is 55.2 Å². The number of rotatable bonds is 7. The minimum Gasteiger partial charge on any atom is -0.464 e. The minimum atomic E-state index is -3.98. The molecule has 0 fully saturated rings. The third kappa shape index (κ3) is 5.83. The number of carbonyl (C=O) groups excluding carboxylic acids is 1. The van der Waals surface area contributed by atoms with Crippen LogP contribution in [0.3, 0.4) is 0 Å². The summed E-state index contributed by atoms with van der Waals surface area (Å²) >= 11 is 0. The number of nitrogens with zero attached hydrogens (tertiary/aromatic N) is 2. The Bertz CT molecular complexity index is 1470. The summed E-state index contributed by atoms with van der Waals surface area (Å²) < 4.78 is 33.9. The highest BCUT2D eigenvalue weighted by Crippen LogP contribution is 2.31. The predicted octanol–water partition coefficient (Wildman–Crippen LogP) is 5.00. The Morgan fingerprint density at radius 3 is 2.66 bits per heavy atom. The molecule has 3 aromatic rings. The average Bonchev–Trinajstić information content (AvgIpc) is 2.87. The number of carbonyl (C=O) groups is 1. The first-order valence-electron chi connectivity index (χ1n) is 10.8. The van der Waals surface area contributed by atoms with E-state index in [0.29, 0.717) is 34.4 Å². The predicted molar refractivity (Wildman–Crippen MR) is 139 cm³/mol. The number of sulfonamides is 1. The molecule has 1 N–H and O–H groups in total. The molecular weight excluding hydrogens is 462 g/mol. The fourth-order valence-corrected chi connectivity index (χ4v) is 4.66. The number of nitrogens with one attached hydrogen (secondary N) is 1. The number of aliphatic imine (C=N–C) groups is 1. The molecule has 1 heterocycles. The Kier molecular flexibility index (Phi) is 8.18. The van der Waals surface area contributed by atoms with Crippen molar-refractivity contribution in [3.05, 3.63) is 88.8 Å². The largest absolute Gasteiger partial charge is 0.464 e. The lowest BCUT2D eigenvalue weighted by molar-refractivity contribution is 0.0592. The number of ether oxygens (including phenoxy) is 1. The summed E-state index contributed by atoms with van der Waals surface area (Å²) in [6.45, 7) is 7.28. The maximum Gasteiger partial charge on any atom is 0.356 e. The van der Waals surface area contributed by atoms with Gasteiger partial charge in [0, 0.05) is 22.9 Å². The lowest BCUT2D eigenvalue weighted by Crippen LogP contribution is -2.14. The lowest BCUT2D eigenvalue weighted by atomic mass is 10.1. The van der Waals surface area contributed by atoms with E-state index in [1.54, 1.807) is 54.6 Å². The zero-order chi connectivity index (χ0) is 25.4. The zero-order valence-electron chi connectivity index (χ0n) is 19.7. The van der Waals surface area contributed by atoms with Gasteiger partial charge in [0.25, 0.3) is 10.0 Å². The smallest absolute Gasteiger partial charge is 0.356 e. The van der Waals surface area contributed by atoms with Crippen molar-refractivity contribution < 1.29 is 17.9 Å². The van der Waals surface area contributed by atoms with E-state index in [-0.39, 0.29) is 16.3 Å². The monoisotopic (exact) mass is 487 g/mol. The Balaban J connectivity index is 1.98. The number of methoxy groups -OCH3 is 1. The molecule has 35 heavy (non-hydrogen) atoms. The summed E-state index contributed by atoms with van der Waals surface area (Å²) in [7, 11) is -2.67. The van der Waals surface area contributed by atoms with Crippen molar-refractivity contribution >= 4 is 40.2 Å². The van der Waals surface area contributed by atoms with E-state index in [1.165, 1.54) is 19.4 Å². The van der Waals surface area contributed by atoms with Gasteiger partial charge in [-0.2, -0.15) is 0 Å². The van der Waals surface area contributed by atoms with E-state index in [1.807, 2.05) is 13.8 Å². The molecule has 0 saturated carbocycles. The summed E-state index contributed by atoms with van der Waals surface area (Å²) in [6, 6.07) is 13.5. The fourth-order valence-electron chi connectivity index (χ4n) is 3.39.